The van der Waals surface area contributed by atoms with Crippen LogP contribution in [0.25, 0.3) is 0 Å². The van der Waals surface area contributed by atoms with E-state index in [4.69, 9.17) is 4.74 Å². The fourth-order valence-electron chi connectivity index (χ4n) is 4.08. The second-order valence-corrected chi connectivity index (χ2v) is 10.6. The third kappa shape index (κ3) is 5.13. The average molecular weight is 439 g/mol. The van der Waals surface area contributed by atoms with Crippen molar-refractivity contribution < 1.29 is 27.9 Å². The number of carbonyl (C=O) groups is 2. The Labute approximate surface area is 177 Å². The lowest BCUT2D eigenvalue weighted by Crippen LogP contribution is -2.47. The molecule has 0 aromatic heterocycles. The molecular weight excluding hydrogens is 408 g/mol. The number of amides is 1. The number of rotatable bonds is 4. The predicted molar refractivity (Wildman–Crippen MR) is 111 cm³/mol. The number of piperidine rings is 1. The number of ether oxygens (including phenoxy) is 1. The molecule has 0 radical (unpaired) electrons. The Morgan fingerprint density at radius 3 is 2.27 bits per heavy atom. The normalized spacial score (nSPS) is 18.0. The van der Waals surface area contributed by atoms with Gasteiger partial charge in [-0.2, -0.15) is 0 Å². The van der Waals surface area contributed by atoms with E-state index >= 15 is 0 Å². The van der Waals surface area contributed by atoms with E-state index in [9.17, 15) is 23.1 Å². The van der Waals surface area contributed by atoms with E-state index in [2.05, 4.69) is 4.72 Å². The second kappa shape index (κ2) is 8.55. The van der Waals surface area contributed by atoms with E-state index in [1.807, 2.05) is 20.8 Å². The van der Waals surface area contributed by atoms with Crippen LogP contribution in [0.15, 0.2) is 17.0 Å². The predicted octanol–water partition coefficient (Wildman–Crippen LogP) is 2.94. The number of carboxylic acid groups (broad SMARTS) is 1. The summed E-state index contributed by atoms with van der Waals surface area (Å²) in [5.74, 6) is -1.03. The molecule has 1 aliphatic heterocycles. The van der Waals surface area contributed by atoms with Gasteiger partial charge in [-0.05, 0) is 82.6 Å². The van der Waals surface area contributed by atoms with Gasteiger partial charge >= 0.3 is 12.1 Å². The number of hydrogen-bond donors (Lipinski definition) is 2. The number of sulfonamides is 1. The summed E-state index contributed by atoms with van der Waals surface area (Å²) in [7, 11) is -3.79. The standard InChI is InChI=1S/C21H30N2O6S/c1-21(2,3)29-20(26)23-12-10-14(11-13-23)22-30(27,28)18-9-8-17(19(24)25)15-6-4-5-7-16(15)18/h8-9,14,22H,4-7,10-13H2,1-3H3,(H,24,25). The van der Waals surface area contributed by atoms with Crippen LogP contribution >= 0.6 is 0 Å². The molecule has 8 nitrogen and oxygen atoms in total. The quantitative estimate of drug-likeness (QED) is 0.747. The molecule has 0 atom stereocenters. The monoisotopic (exact) mass is 438 g/mol. The van der Waals surface area contributed by atoms with Gasteiger partial charge in [0, 0.05) is 19.1 Å². The average Bonchev–Trinajstić information content (AvgIpc) is 2.65. The maximum Gasteiger partial charge on any atom is 0.410 e. The number of hydrogen-bond acceptors (Lipinski definition) is 5. The number of carboxylic acids is 1. The van der Waals surface area contributed by atoms with Gasteiger partial charge in [0.15, 0.2) is 0 Å². The molecule has 1 saturated heterocycles. The topological polar surface area (TPSA) is 113 Å². The second-order valence-electron chi connectivity index (χ2n) is 8.94. The van der Waals surface area contributed by atoms with Gasteiger partial charge in [0.25, 0.3) is 0 Å². The molecule has 0 saturated carbocycles. The van der Waals surface area contributed by atoms with Crippen molar-refractivity contribution in [3.05, 3.63) is 28.8 Å². The van der Waals surface area contributed by atoms with E-state index < -0.39 is 21.6 Å². The van der Waals surface area contributed by atoms with Gasteiger partial charge in [0.05, 0.1) is 10.5 Å². The van der Waals surface area contributed by atoms with Crippen LogP contribution in [-0.4, -0.2) is 55.2 Å². The Morgan fingerprint density at radius 2 is 1.70 bits per heavy atom. The van der Waals surface area contributed by atoms with Crippen molar-refractivity contribution >= 4 is 22.1 Å². The van der Waals surface area contributed by atoms with Crippen molar-refractivity contribution in [1.82, 2.24) is 9.62 Å². The van der Waals surface area contributed by atoms with Crippen LogP contribution in [0.3, 0.4) is 0 Å². The van der Waals surface area contributed by atoms with Crippen molar-refractivity contribution in [3.63, 3.8) is 0 Å². The Kier molecular flexibility index (Phi) is 6.43. The van der Waals surface area contributed by atoms with Crippen LogP contribution in [-0.2, 0) is 27.6 Å². The minimum atomic E-state index is -3.79. The molecule has 2 aliphatic rings. The first-order valence-electron chi connectivity index (χ1n) is 10.4. The van der Waals surface area contributed by atoms with Gasteiger partial charge in [0.2, 0.25) is 10.0 Å². The molecule has 166 valence electrons. The molecular formula is C21H30N2O6S. The number of fused-ring (bicyclic) bond motifs is 1. The highest BCUT2D eigenvalue weighted by Gasteiger charge is 2.31. The summed E-state index contributed by atoms with van der Waals surface area (Å²) in [5.41, 5.74) is 0.877. The lowest BCUT2D eigenvalue weighted by molar-refractivity contribution is 0.0203. The Balaban J connectivity index is 1.71. The first-order chi connectivity index (χ1) is 14.0. The van der Waals surface area contributed by atoms with E-state index in [1.54, 1.807) is 4.90 Å². The van der Waals surface area contributed by atoms with Gasteiger partial charge < -0.3 is 14.7 Å². The smallest absolute Gasteiger partial charge is 0.410 e. The molecule has 1 amide bonds. The molecule has 2 N–H and O–H groups in total. The van der Waals surface area contributed by atoms with Crippen molar-refractivity contribution in [2.45, 2.75) is 75.8 Å². The van der Waals surface area contributed by atoms with E-state index in [0.717, 1.165) is 12.8 Å². The van der Waals surface area contributed by atoms with Crippen LogP contribution in [0, 0.1) is 0 Å². The molecule has 1 aromatic carbocycles. The van der Waals surface area contributed by atoms with Crippen LogP contribution in [0.1, 0.15) is 67.9 Å². The van der Waals surface area contributed by atoms with Crippen LogP contribution in [0.4, 0.5) is 4.79 Å². The maximum atomic E-state index is 13.1. The number of benzene rings is 1. The van der Waals surface area contributed by atoms with Crippen molar-refractivity contribution in [1.29, 1.82) is 0 Å². The summed E-state index contributed by atoms with van der Waals surface area (Å²) in [4.78, 5) is 25.5. The lowest BCUT2D eigenvalue weighted by atomic mass is 9.88. The number of likely N-dealkylation sites (tertiary alicyclic amines) is 1. The highest BCUT2D eigenvalue weighted by molar-refractivity contribution is 7.89. The fraction of sp³-hybridized carbons (Fsp3) is 0.619. The molecule has 0 unspecified atom stereocenters. The number of nitrogens with zero attached hydrogens (tertiary/aromatic N) is 1. The van der Waals surface area contributed by atoms with Gasteiger partial charge in [0.1, 0.15) is 5.60 Å². The number of aromatic carboxylic acids is 1. The summed E-state index contributed by atoms with van der Waals surface area (Å²) in [6.07, 6.45) is 3.43. The summed E-state index contributed by atoms with van der Waals surface area (Å²) < 4.78 is 34.3. The summed E-state index contributed by atoms with van der Waals surface area (Å²) in [6, 6.07) is 2.52. The molecule has 1 fully saturated rings. The maximum absolute atomic E-state index is 13.1. The Morgan fingerprint density at radius 1 is 1.10 bits per heavy atom. The molecule has 1 aromatic rings. The molecule has 0 spiro atoms. The largest absolute Gasteiger partial charge is 0.478 e. The Bertz CT molecular complexity index is 928. The summed E-state index contributed by atoms with van der Waals surface area (Å²) >= 11 is 0. The van der Waals surface area contributed by atoms with Crippen molar-refractivity contribution in [2.75, 3.05) is 13.1 Å². The van der Waals surface area contributed by atoms with Gasteiger partial charge in [-0.3, -0.25) is 0 Å². The van der Waals surface area contributed by atoms with Crippen LogP contribution in [0.5, 0.6) is 0 Å². The highest BCUT2D eigenvalue weighted by atomic mass is 32.2. The zero-order chi connectivity index (χ0) is 22.1. The fourth-order valence-corrected chi connectivity index (χ4v) is 5.67. The van der Waals surface area contributed by atoms with Crippen LogP contribution in [0.2, 0.25) is 0 Å². The van der Waals surface area contributed by atoms with Gasteiger partial charge in [-0.1, -0.05) is 0 Å². The zero-order valence-corrected chi connectivity index (χ0v) is 18.5. The van der Waals surface area contributed by atoms with E-state index in [1.165, 1.54) is 12.1 Å². The molecule has 3 rings (SSSR count). The minimum Gasteiger partial charge on any atom is -0.478 e. The molecule has 0 bridgehead atoms. The first-order valence-corrected chi connectivity index (χ1v) is 11.8. The summed E-state index contributed by atoms with van der Waals surface area (Å²) in [5, 5.41) is 9.43. The van der Waals surface area contributed by atoms with Crippen LogP contribution < -0.4 is 4.72 Å². The molecule has 9 heteroatoms. The summed E-state index contributed by atoms with van der Waals surface area (Å²) in [6.45, 7) is 6.25. The SMILES string of the molecule is CC(C)(C)OC(=O)N1CCC(NS(=O)(=O)c2ccc(C(=O)O)c3c2CCCC3)CC1. The van der Waals surface area contributed by atoms with Gasteiger partial charge in [-0.25, -0.2) is 22.7 Å². The first kappa shape index (κ1) is 22.6. The van der Waals surface area contributed by atoms with Gasteiger partial charge in [-0.15, -0.1) is 0 Å². The molecule has 1 heterocycles. The lowest BCUT2D eigenvalue weighted by Gasteiger charge is -2.33. The third-order valence-corrected chi connectivity index (χ3v) is 7.09. The van der Waals surface area contributed by atoms with E-state index in [-0.39, 0.29) is 22.6 Å². The van der Waals surface area contributed by atoms with Crippen molar-refractivity contribution in [2.24, 2.45) is 0 Å². The van der Waals surface area contributed by atoms with E-state index in [0.29, 0.717) is 49.9 Å². The van der Waals surface area contributed by atoms with Crippen molar-refractivity contribution in [3.8, 4) is 0 Å². The third-order valence-electron chi connectivity index (χ3n) is 5.48. The highest BCUT2D eigenvalue weighted by Crippen LogP contribution is 2.31. The number of carbonyl (C=O) groups excluding carboxylic acids is 1. The zero-order valence-electron chi connectivity index (χ0n) is 17.7. The minimum absolute atomic E-state index is 0.178. The molecule has 1 aliphatic carbocycles. The molecule has 30 heavy (non-hydrogen) atoms. The Hall–Kier alpha value is -2.13. The number of nitrogens with one attached hydrogen (secondary N) is 1.